The van der Waals surface area contributed by atoms with Crippen LogP contribution >= 0.6 is 11.6 Å². The second-order valence-electron chi connectivity index (χ2n) is 11.4. The molecule has 7 heteroatoms. The molecular weight excluding hydrogens is 525 g/mol. The third kappa shape index (κ3) is 5.85. The van der Waals surface area contributed by atoms with Crippen LogP contribution in [0.2, 0.25) is 5.02 Å². The van der Waals surface area contributed by atoms with Crippen molar-refractivity contribution >= 4 is 23.3 Å². The lowest BCUT2D eigenvalue weighted by atomic mass is 9.80. The van der Waals surface area contributed by atoms with Gasteiger partial charge in [0, 0.05) is 43.8 Å². The summed E-state index contributed by atoms with van der Waals surface area (Å²) < 4.78 is 13.8. The number of rotatable bonds is 10. The van der Waals surface area contributed by atoms with E-state index in [2.05, 4.69) is 22.3 Å². The van der Waals surface area contributed by atoms with Crippen molar-refractivity contribution in [1.82, 2.24) is 15.1 Å². The Labute approximate surface area is 241 Å². The minimum Gasteiger partial charge on any atom is -0.341 e. The van der Waals surface area contributed by atoms with Crippen molar-refractivity contribution in [3.63, 3.8) is 0 Å². The molecule has 0 aromatic heterocycles. The normalized spacial score (nSPS) is 22.1. The number of nitrogens with zero attached hydrogens (tertiary/aromatic N) is 2. The molecule has 3 aromatic rings. The second kappa shape index (κ2) is 11.8. The molecule has 1 amide bonds. The number of halogens is 2. The maximum absolute atomic E-state index is 14.0. The van der Waals surface area contributed by atoms with E-state index in [1.54, 1.807) is 24.0 Å². The minimum atomic E-state index is -0.676. The number of hydrogen-bond donors (Lipinski definition) is 1. The fraction of sp³-hybridized carbons (Fsp3) is 0.394. The molecule has 1 N–H and O–H groups in total. The second-order valence-corrected chi connectivity index (χ2v) is 11.8. The van der Waals surface area contributed by atoms with Gasteiger partial charge >= 0.3 is 0 Å². The van der Waals surface area contributed by atoms with E-state index in [0.717, 1.165) is 50.0 Å². The van der Waals surface area contributed by atoms with Gasteiger partial charge in [0.1, 0.15) is 11.6 Å². The molecule has 2 fully saturated rings. The van der Waals surface area contributed by atoms with Gasteiger partial charge in [0.05, 0.1) is 12.0 Å². The molecule has 0 unspecified atom stereocenters. The number of likely N-dealkylation sites (tertiary alicyclic amines) is 1. The summed E-state index contributed by atoms with van der Waals surface area (Å²) in [6.07, 6.45) is 2.48. The number of Topliss-reactive ketones (excluding diaryl/α,β-unsaturated/α-hetero) is 1. The fourth-order valence-corrected chi connectivity index (χ4v) is 6.57. The third-order valence-electron chi connectivity index (χ3n) is 8.75. The summed E-state index contributed by atoms with van der Waals surface area (Å²) in [5, 5.41) is 4.20. The molecule has 2 atom stereocenters. The molecule has 5 rings (SSSR count). The number of ketones is 1. The summed E-state index contributed by atoms with van der Waals surface area (Å²) in [5.41, 5.74) is 2.06. The Morgan fingerprint density at radius 1 is 0.975 bits per heavy atom. The maximum atomic E-state index is 14.0. The Bertz CT molecular complexity index is 1340. The fourth-order valence-electron chi connectivity index (χ4n) is 6.38. The summed E-state index contributed by atoms with van der Waals surface area (Å²) in [5.74, 6) is -0.00473. The van der Waals surface area contributed by atoms with Gasteiger partial charge in [0.25, 0.3) is 0 Å². The number of carbonyl (C=O) groups excluding carboxylic acids is 2. The van der Waals surface area contributed by atoms with Crippen LogP contribution in [-0.4, -0.2) is 54.7 Å². The van der Waals surface area contributed by atoms with E-state index in [1.807, 2.05) is 49.5 Å². The van der Waals surface area contributed by atoms with E-state index in [-0.39, 0.29) is 29.0 Å². The molecular formula is C33H37ClFN3O2. The van der Waals surface area contributed by atoms with Crippen molar-refractivity contribution in [3.05, 3.63) is 106 Å². The average molecular weight is 562 g/mol. The summed E-state index contributed by atoms with van der Waals surface area (Å²) in [7, 11) is 1.82. The lowest BCUT2D eigenvalue weighted by molar-refractivity contribution is -0.133. The first-order valence-electron chi connectivity index (χ1n) is 14.0. The van der Waals surface area contributed by atoms with Crippen molar-refractivity contribution in [2.75, 3.05) is 33.2 Å². The molecule has 0 bridgehead atoms. The minimum absolute atomic E-state index is 0.0443. The van der Waals surface area contributed by atoms with E-state index < -0.39 is 5.41 Å². The molecule has 210 valence electrons. The van der Waals surface area contributed by atoms with Gasteiger partial charge in [-0.3, -0.25) is 9.59 Å². The van der Waals surface area contributed by atoms with Crippen LogP contribution in [-0.2, 0) is 27.1 Å². The molecule has 3 aromatic carbocycles. The standard InChI is InChI=1S/C33H37ClFN3O2/c1-24(39)21-36-32(26-9-4-3-5-10-26)16-18-38(19-17-32)23-28-20-33(28,27-12-14-29(35)15-13-27)31(40)37(2)22-25-8-6-7-11-30(25)34/h3-15,28,36H,16-23H2,1-2H3/t28-,33+/m0/s1. The van der Waals surface area contributed by atoms with Crippen LogP contribution in [0.5, 0.6) is 0 Å². The predicted molar refractivity (Wildman–Crippen MR) is 157 cm³/mol. The van der Waals surface area contributed by atoms with Gasteiger partial charge in [0.2, 0.25) is 5.91 Å². The Morgan fingerprint density at radius 2 is 1.62 bits per heavy atom. The highest BCUT2D eigenvalue weighted by atomic mass is 35.5. The van der Waals surface area contributed by atoms with E-state index in [9.17, 15) is 14.0 Å². The van der Waals surface area contributed by atoms with Gasteiger partial charge < -0.3 is 15.1 Å². The van der Waals surface area contributed by atoms with Crippen LogP contribution in [0.4, 0.5) is 4.39 Å². The summed E-state index contributed by atoms with van der Waals surface area (Å²) in [6, 6.07) is 24.4. The van der Waals surface area contributed by atoms with Crippen LogP contribution in [0.25, 0.3) is 0 Å². The largest absolute Gasteiger partial charge is 0.341 e. The maximum Gasteiger partial charge on any atom is 0.233 e. The number of hydrogen-bond acceptors (Lipinski definition) is 4. The molecule has 5 nitrogen and oxygen atoms in total. The first kappa shape index (κ1) is 28.5. The summed E-state index contributed by atoms with van der Waals surface area (Å²) in [4.78, 5) is 30.1. The lowest BCUT2D eigenvalue weighted by Gasteiger charge is -2.43. The Kier molecular flexibility index (Phi) is 8.41. The summed E-state index contributed by atoms with van der Waals surface area (Å²) in [6.45, 7) is 4.89. The van der Waals surface area contributed by atoms with Crippen LogP contribution < -0.4 is 5.32 Å². The van der Waals surface area contributed by atoms with Gasteiger partial charge in [-0.25, -0.2) is 4.39 Å². The zero-order valence-electron chi connectivity index (χ0n) is 23.2. The Hall–Kier alpha value is -3.06. The van der Waals surface area contributed by atoms with E-state index in [1.165, 1.54) is 17.7 Å². The topological polar surface area (TPSA) is 52.7 Å². The number of piperidine rings is 1. The summed E-state index contributed by atoms with van der Waals surface area (Å²) >= 11 is 6.39. The molecule has 2 aliphatic rings. The third-order valence-corrected chi connectivity index (χ3v) is 9.12. The Balaban J connectivity index is 1.31. The van der Waals surface area contributed by atoms with Crippen LogP contribution in [0.15, 0.2) is 78.9 Å². The van der Waals surface area contributed by atoms with E-state index in [4.69, 9.17) is 11.6 Å². The molecule has 1 heterocycles. The number of amides is 1. The van der Waals surface area contributed by atoms with Crippen molar-refractivity contribution < 1.29 is 14.0 Å². The zero-order chi connectivity index (χ0) is 28.3. The van der Waals surface area contributed by atoms with Crippen LogP contribution in [0.1, 0.15) is 42.9 Å². The zero-order valence-corrected chi connectivity index (χ0v) is 24.0. The van der Waals surface area contributed by atoms with Gasteiger partial charge in [0.15, 0.2) is 0 Å². The molecule has 1 saturated heterocycles. The van der Waals surface area contributed by atoms with Gasteiger partial charge in [-0.2, -0.15) is 0 Å². The number of nitrogens with one attached hydrogen (secondary N) is 1. The van der Waals surface area contributed by atoms with Crippen molar-refractivity contribution in [3.8, 4) is 0 Å². The molecule has 1 saturated carbocycles. The first-order chi connectivity index (χ1) is 19.2. The molecule has 0 spiro atoms. The molecule has 1 aliphatic carbocycles. The van der Waals surface area contributed by atoms with Crippen molar-refractivity contribution in [2.45, 2.75) is 43.7 Å². The average Bonchev–Trinajstić information content (AvgIpc) is 3.68. The quantitative estimate of drug-likeness (QED) is 0.352. The predicted octanol–water partition coefficient (Wildman–Crippen LogP) is 5.57. The number of benzene rings is 3. The van der Waals surface area contributed by atoms with Gasteiger partial charge in [-0.05, 0) is 67.0 Å². The Morgan fingerprint density at radius 3 is 2.27 bits per heavy atom. The van der Waals surface area contributed by atoms with E-state index in [0.29, 0.717) is 18.1 Å². The van der Waals surface area contributed by atoms with Crippen molar-refractivity contribution in [1.29, 1.82) is 0 Å². The number of carbonyl (C=O) groups is 2. The van der Waals surface area contributed by atoms with E-state index >= 15 is 0 Å². The van der Waals surface area contributed by atoms with Crippen molar-refractivity contribution in [2.24, 2.45) is 5.92 Å². The van der Waals surface area contributed by atoms with Gasteiger partial charge in [-0.15, -0.1) is 0 Å². The highest BCUT2D eigenvalue weighted by Gasteiger charge is 2.62. The highest BCUT2D eigenvalue weighted by Crippen LogP contribution is 2.56. The lowest BCUT2D eigenvalue weighted by Crippen LogP contribution is -2.52. The smallest absolute Gasteiger partial charge is 0.233 e. The first-order valence-corrected chi connectivity index (χ1v) is 14.4. The van der Waals surface area contributed by atoms with Crippen LogP contribution in [0.3, 0.4) is 0 Å². The molecule has 40 heavy (non-hydrogen) atoms. The highest BCUT2D eigenvalue weighted by molar-refractivity contribution is 6.31. The van der Waals surface area contributed by atoms with Crippen LogP contribution in [0, 0.1) is 11.7 Å². The number of likely N-dealkylation sites (N-methyl/N-ethyl adjacent to an activating group) is 1. The molecule has 0 radical (unpaired) electrons. The van der Waals surface area contributed by atoms with Gasteiger partial charge in [-0.1, -0.05) is 72.3 Å². The SMILES string of the molecule is CC(=O)CNC1(c2ccccc2)CCN(C[C@@H]2C[C@@]2(C(=O)N(C)Cc2ccccc2Cl)c2ccc(F)cc2)CC1. The monoisotopic (exact) mass is 561 g/mol. The molecule has 1 aliphatic heterocycles.